The molecule has 4 rings (SSSR count). The van der Waals surface area contributed by atoms with E-state index < -0.39 is 0 Å². The minimum atomic E-state index is -0.110. The summed E-state index contributed by atoms with van der Waals surface area (Å²) in [6.45, 7) is 1.91. The van der Waals surface area contributed by atoms with Crippen LogP contribution in [0.2, 0.25) is 0 Å². The highest BCUT2D eigenvalue weighted by Crippen LogP contribution is 2.34. The quantitative estimate of drug-likeness (QED) is 0.782. The third-order valence-corrected chi connectivity index (χ3v) is 5.53. The van der Waals surface area contributed by atoms with Crippen molar-refractivity contribution in [2.75, 3.05) is 19.8 Å². The first-order valence-corrected chi connectivity index (χ1v) is 10.0. The third kappa shape index (κ3) is 4.16. The minimum Gasteiger partial charge on any atom is -0.493 e. The number of benzene rings is 2. The van der Waals surface area contributed by atoms with E-state index in [-0.39, 0.29) is 17.9 Å². The van der Waals surface area contributed by atoms with Gasteiger partial charge in [-0.3, -0.25) is 4.79 Å². The fourth-order valence-corrected chi connectivity index (χ4v) is 4.13. The van der Waals surface area contributed by atoms with E-state index in [1.807, 2.05) is 24.3 Å². The molecule has 0 saturated heterocycles. The van der Waals surface area contributed by atoms with Crippen LogP contribution < -0.4 is 10.1 Å². The summed E-state index contributed by atoms with van der Waals surface area (Å²) in [4.78, 5) is 12.6. The molecule has 0 aromatic heterocycles. The van der Waals surface area contributed by atoms with Gasteiger partial charge in [0.2, 0.25) is 5.91 Å². The molecule has 4 heteroatoms. The number of hydrogen-bond donors (Lipinski definition) is 1. The van der Waals surface area contributed by atoms with Crippen LogP contribution in [0.5, 0.6) is 5.75 Å². The summed E-state index contributed by atoms with van der Waals surface area (Å²) < 4.78 is 11.8. The van der Waals surface area contributed by atoms with Crippen LogP contribution >= 0.6 is 0 Å². The molecule has 1 aliphatic carbocycles. The Kier molecular flexibility index (Phi) is 5.73. The van der Waals surface area contributed by atoms with E-state index in [4.69, 9.17) is 9.47 Å². The molecule has 1 N–H and O–H groups in total. The van der Waals surface area contributed by atoms with Gasteiger partial charge in [0.1, 0.15) is 5.75 Å². The van der Waals surface area contributed by atoms with Gasteiger partial charge in [0.15, 0.2) is 0 Å². The van der Waals surface area contributed by atoms with Crippen LogP contribution in [0.4, 0.5) is 0 Å². The lowest BCUT2D eigenvalue weighted by Crippen LogP contribution is -2.33. The first kappa shape index (κ1) is 18.1. The van der Waals surface area contributed by atoms with Gasteiger partial charge in [-0.15, -0.1) is 0 Å². The lowest BCUT2D eigenvalue weighted by Gasteiger charge is -2.26. The second-order valence-corrected chi connectivity index (χ2v) is 7.32. The molecule has 27 heavy (non-hydrogen) atoms. The number of ether oxygens (including phenoxy) is 2. The van der Waals surface area contributed by atoms with Crippen molar-refractivity contribution in [1.82, 2.24) is 5.32 Å². The molecule has 1 heterocycles. The summed E-state index contributed by atoms with van der Waals surface area (Å²) in [5.74, 6) is 0.818. The molecule has 2 aliphatic rings. The van der Waals surface area contributed by atoms with Crippen LogP contribution in [0.25, 0.3) is 0 Å². The van der Waals surface area contributed by atoms with Gasteiger partial charge in [-0.2, -0.15) is 0 Å². The van der Waals surface area contributed by atoms with E-state index >= 15 is 0 Å². The zero-order valence-corrected chi connectivity index (χ0v) is 15.7. The molecule has 2 aromatic rings. The van der Waals surface area contributed by atoms with Crippen LogP contribution in [-0.4, -0.2) is 25.7 Å². The topological polar surface area (TPSA) is 47.6 Å². The first-order valence-electron chi connectivity index (χ1n) is 10.0. The highest BCUT2D eigenvalue weighted by Gasteiger charge is 2.27. The molecule has 1 amide bonds. The van der Waals surface area contributed by atoms with Gasteiger partial charge in [0.05, 0.1) is 18.6 Å². The normalized spacial score (nSPS) is 20.9. The van der Waals surface area contributed by atoms with Gasteiger partial charge in [0.25, 0.3) is 0 Å². The second-order valence-electron chi connectivity index (χ2n) is 7.32. The first-order chi connectivity index (χ1) is 13.3. The molecule has 142 valence electrons. The largest absolute Gasteiger partial charge is 0.493 e. The van der Waals surface area contributed by atoms with Crippen molar-refractivity contribution in [3.05, 3.63) is 65.2 Å². The monoisotopic (exact) mass is 365 g/mol. The fraction of sp³-hybridized carbons (Fsp3) is 0.435. The number of fused-ring (bicyclic) bond motifs is 2. The molecule has 0 radical (unpaired) electrons. The van der Waals surface area contributed by atoms with E-state index in [0.717, 1.165) is 37.0 Å². The number of rotatable bonds is 6. The zero-order chi connectivity index (χ0) is 18.5. The summed E-state index contributed by atoms with van der Waals surface area (Å²) in [6.07, 6.45) is 5.18. The van der Waals surface area contributed by atoms with Crippen molar-refractivity contribution in [3.63, 3.8) is 0 Å². The predicted molar refractivity (Wildman–Crippen MR) is 105 cm³/mol. The maximum absolute atomic E-state index is 12.6. The van der Waals surface area contributed by atoms with Gasteiger partial charge in [-0.1, -0.05) is 42.5 Å². The second kappa shape index (κ2) is 8.57. The summed E-state index contributed by atoms with van der Waals surface area (Å²) in [5.41, 5.74) is 3.75. The summed E-state index contributed by atoms with van der Waals surface area (Å²) in [6, 6.07) is 16.4. The Labute approximate surface area is 160 Å². The molecule has 0 fully saturated rings. The van der Waals surface area contributed by atoms with Crippen molar-refractivity contribution in [2.24, 2.45) is 0 Å². The van der Waals surface area contributed by atoms with Crippen molar-refractivity contribution < 1.29 is 14.3 Å². The van der Waals surface area contributed by atoms with E-state index in [1.165, 1.54) is 17.5 Å². The molecule has 4 nitrogen and oxygen atoms in total. The number of nitrogens with one attached hydrogen (secondary N) is 1. The van der Waals surface area contributed by atoms with E-state index in [9.17, 15) is 4.79 Å². The van der Waals surface area contributed by atoms with Crippen LogP contribution in [0.15, 0.2) is 48.5 Å². The SMILES string of the molecule is O=C(NCCCOC1CCCc2ccccc21)C1CCOc2ccccc21. The summed E-state index contributed by atoms with van der Waals surface area (Å²) >= 11 is 0. The molecule has 1 aliphatic heterocycles. The highest BCUT2D eigenvalue weighted by atomic mass is 16.5. The lowest BCUT2D eigenvalue weighted by atomic mass is 9.89. The molecule has 0 spiro atoms. The van der Waals surface area contributed by atoms with Crippen LogP contribution in [-0.2, 0) is 16.0 Å². The van der Waals surface area contributed by atoms with Crippen molar-refractivity contribution in [3.8, 4) is 5.75 Å². The summed E-state index contributed by atoms with van der Waals surface area (Å²) in [5, 5.41) is 3.08. The molecular formula is C23H27NO3. The number of carbonyl (C=O) groups is 1. The van der Waals surface area contributed by atoms with Crippen molar-refractivity contribution in [2.45, 2.75) is 44.1 Å². The van der Waals surface area contributed by atoms with E-state index in [1.54, 1.807) is 0 Å². The number of aryl methyl sites for hydroxylation is 1. The maximum Gasteiger partial charge on any atom is 0.227 e. The molecule has 0 bridgehead atoms. The zero-order valence-electron chi connectivity index (χ0n) is 15.7. The fourth-order valence-electron chi connectivity index (χ4n) is 4.13. The van der Waals surface area contributed by atoms with Gasteiger partial charge in [-0.25, -0.2) is 0 Å². The molecule has 2 aromatic carbocycles. The molecule has 0 saturated carbocycles. The minimum absolute atomic E-state index is 0.0914. The Hall–Kier alpha value is -2.33. The Morgan fingerprint density at radius 2 is 1.89 bits per heavy atom. The average Bonchev–Trinajstić information content (AvgIpc) is 2.73. The van der Waals surface area contributed by atoms with E-state index in [0.29, 0.717) is 19.8 Å². The smallest absolute Gasteiger partial charge is 0.227 e. The Bertz CT molecular complexity index is 789. The van der Waals surface area contributed by atoms with Gasteiger partial charge in [0, 0.05) is 18.7 Å². The standard InChI is InChI=1S/C23H27NO3/c25-23(20-13-16-27-22-11-4-3-10-19(20)22)24-14-6-15-26-21-12-5-8-17-7-1-2-9-18(17)21/h1-4,7,9-11,20-21H,5-6,8,12-16H2,(H,24,25). The molecule has 2 unspecified atom stereocenters. The lowest BCUT2D eigenvalue weighted by molar-refractivity contribution is -0.123. The van der Waals surface area contributed by atoms with E-state index in [2.05, 4.69) is 29.6 Å². The number of para-hydroxylation sites is 1. The Morgan fingerprint density at radius 1 is 1.07 bits per heavy atom. The van der Waals surface area contributed by atoms with Crippen LogP contribution in [0.1, 0.15) is 54.4 Å². The molecular weight excluding hydrogens is 338 g/mol. The third-order valence-electron chi connectivity index (χ3n) is 5.53. The maximum atomic E-state index is 12.6. The highest BCUT2D eigenvalue weighted by molar-refractivity contribution is 5.84. The van der Waals surface area contributed by atoms with Gasteiger partial charge in [-0.05, 0) is 49.3 Å². The Morgan fingerprint density at radius 3 is 2.81 bits per heavy atom. The van der Waals surface area contributed by atoms with Gasteiger partial charge >= 0.3 is 0 Å². The van der Waals surface area contributed by atoms with Crippen LogP contribution in [0.3, 0.4) is 0 Å². The van der Waals surface area contributed by atoms with Crippen LogP contribution in [0, 0.1) is 0 Å². The average molecular weight is 365 g/mol. The predicted octanol–water partition coefficient (Wildman–Crippen LogP) is 4.15. The molecule has 2 atom stereocenters. The summed E-state index contributed by atoms with van der Waals surface area (Å²) in [7, 11) is 0. The number of carbonyl (C=O) groups excluding carboxylic acids is 1. The van der Waals surface area contributed by atoms with Crippen molar-refractivity contribution >= 4 is 5.91 Å². The number of hydrogen-bond acceptors (Lipinski definition) is 3. The van der Waals surface area contributed by atoms with Crippen molar-refractivity contribution in [1.29, 1.82) is 0 Å². The number of amides is 1. The Balaban J connectivity index is 1.23. The van der Waals surface area contributed by atoms with Gasteiger partial charge < -0.3 is 14.8 Å².